The van der Waals surface area contributed by atoms with E-state index in [-0.39, 0.29) is 5.78 Å². The van der Waals surface area contributed by atoms with E-state index in [1.54, 1.807) is 0 Å². The maximum absolute atomic E-state index is 15.4. The number of benzene rings is 6. The first kappa shape index (κ1) is 49.2. The van der Waals surface area contributed by atoms with Gasteiger partial charge >= 0.3 is 0 Å². The van der Waals surface area contributed by atoms with Crippen molar-refractivity contribution in [2.24, 2.45) is 0 Å². The minimum absolute atomic E-state index is 0.100. The molecule has 7 rings (SSSR count). The molecule has 67 heavy (non-hydrogen) atoms. The quantitative estimate of drug-likeness (QED) is 0.0372. The average Bonchev–Trinajstić information content (AvgIpc) is 3.31. The summed E-state index contributed by atoms with van der Waals surface area (Å²) in [5.41, 5.74) is -11.6. The molecule has 0 saturated carbocycles. The monoisotopic (exact) mass is 967 g/mol. The molecular weight excluding hydrogens is 949 g/mol. The minimum atomic E-state index is -7.22. The number of ketones is 1. The summed E-state index contributed by atoms with van der Waals surface area (Å²) in [4.78, 5) is 12.5. The summed E-state index contributed by atoms with van der Waals surface area (Å²) in [6, 6.07) is 19.6. The Labute approximate surface area is 361 Å². The van der Waals surface area contributed by atoms with Gasteiger partial charge in [0.1, 0.15) is 52.7 Å². The highest BCUT2D eigenvalue weighted by Gasteiger charge is 2.52. The highest BCUT2D eigenvalue weighted by Crippen LogP contribution is 2.31. The lowest BCUT2D eigenvalue weighted by molar-refractivity contribution is -0.684. The number of hydrogen-bond acceptors (Lipinski definition) is 1. The Kier molecular flexibility index (Phi) is 13.4. The summed E-state index contributed by atoms with van der Waals surface area (Å²) in [5, 5.41) is 2.28. The number of pyridine rings is 1. The molecule has 0 radical (unpaired) electrons. The average molecular weight is 967 g/mol. The van der Waals surface area contributed by atoms with Crippen molar-refractivity contribution >= 4 is 50.1 Å². The zero-order valence-electron chi connectivity index (χ0n) is 32.8. The second-order valence-corrected chi connectivity index (χ2v) is 14.2. The standard InChI is InChI=1S/C24BF20.C20H18NO/c26-5-1(6(27)14(35)21(42)13(5)34)25(2-7(28)15(36)22(43)16(37)8(2)29,3-9(30)17(38)23(44)18(39)10(3)31)4-11(32)19(40)24(45)20(41)12(4)33;1-15(2)20-18-11-7-6-8-16(18)12-13-21(20)14-19(22)17-9-4-3-5-10-17/h;3-13H,1,14H2,2H3/q-1;+1. The molecule has 0 aliphatic heterocycles. The number of nitrogens with zero attached hydrogens (tertiary/aromatic N) is 1. The molecular formula is C44H18BF20NO. The number of aromatic nitrogens is 1. The van der Waals surface area contributed by atoms with Crippen LogP contribution in [0.1, 0.15) is 23.0 Å². The molecule has 7 aromatic rings. The number of allylic oxidation sites excluding steroid dienone is 1. The van der Waals surface area contributed by atoms with Gasteiger partial charge in [-0.2, -0.15) is 4.57 Å². The Hall–Kier alpha value is -7.20. The first-order valence-electron chi connectivity index (χ1n) is 18.3. The van der Waals surface area contributed by atoms with Crippen LogP contribution in [0.25, 0.3) is 16.3 Å². The molecule has 6 aromatic carbocycles. The van der Waals surface area contributed by atoms with Crippen LogP contribution >= 0.6 is 0 Å². The number of Topliss-reactive ketones (excluding diaryl/α,β-unsaturated/α-hetero) is 1. The molecule has 0 unspecified atom stereocenters. The summed E-state index contributed by atoms with van der Waals surface area (Å²) in [6.07, 6.45) is -5.25. The molecule has 1 heterocycles. The fraction of sp³-hybridized carbons (Fsp3) is 0.0455. The summed E-state index contributed by atoms with van der Waals surface area (Å²) in [7, 11) is 0. The molecule has 0 amide bonds. The molecule has 0 fully saturated rings. The SMILES string of the molecule is C=C(C)c1c2ccccc2cc[n+]1CC(=O)c1ccccc1.Fc1c(F)c(F)c([B-](c2c(F)c(F)c(F)c(F)c2F)(c2c(F)c(F)c(F)c(F)c2F)c2c(F)c(F)c(F)c(F)c2F)c(F)c1F. The molecule has 2 nitrogen and oxygen atoms in total. The first-order valence-corrected chi connectivity index (χ1v) is 18.3. The van der Waals surface area contributed by atoms with E-state index in [0.29, 0.717) is 6.54 Å². The van der Waals surface area contributed by atoms with Crippen LogP contribution < -0.4 is 26.4 Å². The van der Waals surface area contributed by atoms with Crippen molar-refractivity contribution in [3.05, 3.63) is 201 Å². The van der Waals surface area contributed by atoms with Crippen molar-refractivity contribution in [3.8, 4) is 0 Å². The summed E-state index contributed by atoms with van der Waals surface area (Å²) >= 11 is 0. The zero-order chi connectivity index (χ0) is 49.9. The predicted octanol–water partition coefficient (Wildman–Crippen LogP) is 9.89. The van der Waals surface area contributed by atoms with Crippen molar-refractivity contribution in [1.82, 2.24) is 0 Å². The molecule has 0 bridgehead atoms. The van der Waals surface area contributed by atoms with Gasteiger partial charge in [-0.15, -0.1) is 21.9 Å². The maximum atomic E-state index is 15.4. The second-order valence-electron chi connectivity index (χ2n) is 14.2. The van der Waals surface area contributed by atoms with E-state index >= 15 is 35.1 Å². The van der Waals surface area contributed by atoms with E-state index < -0.39 is 144 Å². The van der Waals surface area contributed by atoms with Crippen LogP contribution in [0, 0.1) is 116 Å². The third-order valence-corrected chi connectivity index (χ3v) is 10.5. The summed E-state index contributed by atoms with van der Waals surface area (Å²) < 4.78 is 296. The smallest absolute Gasteiger partial charge is 0.227 e. The van der Waals surface area contributed by atoms with Gasteiger partial charge in [0, 0.05) is 17.2 Å². The molecule has 0 atom stereocenters. The Morgan fingerprint density at radius 2 is 0.701 bits per heavy atom. The first-order chi connectivity index (χ1) is 31.4. The molecule has 1 aromatic heterocycles. The minimum Gasteiger partial charge on any atom is -0.287 e. The molecule has 0 N–H and O–H groups in total. The van der Waals surface area contributed by atoms with Gasteiger partial charge in [0.05, 0.1) is 5.39 Å². The highest BCUT2D eigenvalue weighted by molar-refractivity contribution is 7.20. The number of carbonyl (C=O) groups excluding carboxylic acids is 1. The van der Waals surface area contributed by atoms with Gasteiger partial charge in [0.25, 0.3) is 0 Å². The van der Waals surface area contributed by atoms with Crippen LogP contribution in [0.4, 0.5) is 87.8 Å². The van der Waals surface area contributed by atoms with Gasteiger partial charge < -0.3 is 0 Å². The van der Waals surface area contributed by atoms with Crippen LogP contribution in [0.3, 0.4) is 0 Å². The number of hydrogen-bond donors (Lipinski definition) is 0. The Morgan fingerprint density at radius 3 is 1.01 bits per heavy atom. The Bertz CT molecular complexity index is 2830. The zero-order valence-corrected chi connectivity index (χ0v) is 32.8. The van der Waals surface area contributed by atoms with Crippen LogP contribution in [-0.4, -0.2) is 11.9 Å². The normalized spacial score (nSPS) is 11.5. The Balaban J connectivity index is 0.000000279. The molecule has 0 saturated heterocycles. The van der Waals surface area contributed by atoms with Crippen molar-refractivity contribution < 1.29 is 97.2 Å². The van der Waals surface area contributed by atoms with Crippen molar-refractivity contribution in [1.29, 1.82) is 0 Å². The van der Waals surface area contributed by atoms with Gasteiger partial charge in [-0.3, -0.25) is 4.79 Å². The third-order valence-electron chi connectivity index (χ3n) is 10.5. The van der Waals surface area contributed by atoms with E-state index in [0.717, 1.165) is 27.6 Å². The largest absolute Gasteiger partial charge is 0.287 e. The van der Waals surface area contributed by atoms with Crippen LogP contribution in [0.2, 0.25) is 0 Å². The van der Waals surface area contributed by atoms with Crippen LogP contribution in [0.5, 0.6) is 0 Å². The van der Waals surface area contributed by atoms with E-state index in [1.165, 1.54) is 0 Å². The lowest BCUT2D eigenvalue weighted by Gasteiger charge is -2.44. The van der Waals surface area contributed by atoms with Gasteiger partial charge in [0.2, 0.25) is 18.0 Å². The van der Waals surface area contributed by atoms with Gasteiger partial charge in [-0.25, -0.2) is 87.8 Å². The number of rotatable bonds is 8. The van der Waals surface area contributed by atoms with Crippen LogP contribution in [-0.2, 0) is 6.54 Å². The second kappa shape index (κ2) is 18.2. The fourth-order valence-electron chi connectivity index (χ4n) is 7.61. The van der Waals surface area contributed by atoms with Crippen molar-refractivity contribution in [2.45, 2.75) is 13.5 Å². The molecule has 0 spiro atoms. The topological polar surface area (TPSA) is 20.9 Å². The van der Waals surface area contributed by atoms with E-state index in [9.17, 15) is 57.5 Å². The Morgan fingerprint density at radius 1 is 0.418 bits per heavy atom. The molecule has 0 aliphatic carbocycles. The van der Waals surface area contributed by atoms with Gasteiger partial charge in [0.15, 0.2) is 76.0 Å². The summed E-state index contributed by atoms with van der Waals surface area (Å²) in [6.45, 7) is 6.38. The third kappa shape index (κ3) is 7.72. The lowest BCUT2D eigenvalue weighted by Crippen LogP contribution is -2.81. The van der Waals surface area contributed by atoms with Crippen molar-refractivity contribution in [3.63, 3.8) is 0 Å². The maximum Gasteiger partial charge on any atom is 0.227 e. The van der Waals surface area contributed by atoms with E-state index in [4.69, 9.17) is 0 Å². The summed E-state index contributed by atoms with van der Waals surface area (Å²) in [5.74, 6) is -71.3. The lowest BCUT2D eigenvalue weighted by atomic mass is 9.12. The number of halogens is 20. The van der Waals surface area contributed by atoms with E-state index in [2.05, 4.69) is 18.7 Å². The van der Waals surface area contributed by atoms with Crippen molar-refractivity contribution in [2.75, 3.05) is 0 Å². The molecule has 348 valence electrons. The molecule has 23 heteroatoms. The number of fused-ring (bicyclic) bond motifs is 1. The fourth-order valence-corrected chi connectivity index (χ4v) is 7.61. The van der Waals surface area contributed by atoms with Crippen LogP contribution in [0.15, 0.2) is 73.4 Å². The van der Waals surface area contributed by atoms with Gasteiger partial charge in [-0.05, 0) is 18.4 Å². The highest BCUT2D eigenvalue weighted by atomic mass is 19.2. The predicted molar refractivity (Wildman–Crippen MR) is 199 cm³/mol. The number of carbonyl (C=O) groups is 1. The molecule has 0 aliphatic rings. The van der Waals surface area contributed by atoms with Gasteiger partial charge in [-0.1, -0.05) is 55.1 Å². The van der Waals surface area contributed by atoms with E-state index in [1.807, 2.05) is 66.2 Å².